The first-order valence-corrected chi connectivity index (χ1v) is 4.22. The van der Waals surface area contributed by atoms with Gasteiger partial charge in [-0.2, -0.15) is 0 Å². The number of H-pyrrole nitrogens is 1. The van der Waals surface area contributed by atoms with E-state index < -0.39 is 0 Å². The van der Waals surface area contributed by atoms with Crippen LogP contribution in [0.4, 0.5) is 0 Å². The minimum atomic E-state index is 0.862. The highest BCUT2D eigenvalue weighted by Gasteiger charge is 2.34. The summed E-state index contributed by atoms with van der Waals surface area (Å²) in [6.45, 7) is 2.17. The van der Waals surface area contributed by atoms with E-state index in [1.54, 1.807) is 0 Å². The van der Waals surface area contributed by atoms with E-state index in [-0.39, 0.29) is 0 Å². The lowest BCUT2D eigenvalue weighted by Crippen LogP contribution is -2.26. The zero-order chi connectivity index (χ0) is 7.42. The van der Waals surface area contributed by atoms with E-state index in [4.69, 9.17) is 0 Å². The minimum Gasteiger partial charge on any atom is -0.361 e. The molecule has 1 aromatic heterocycles. The lowest BCUT2D eigenvalue weighted by Gasteiger charge is -1.92. The maximum absolute atomic E-state index is 3.30. The SMILES string of the molecule is Cc1c[nH]c2c1=CC1CC1C=2. The van der Waals surface area contributed by atoms with Gasteiger partial charge in [-0.25, -0.2) is 0 Å². The predicted molar refractivity (Wildman–Crippen MR) is 45.3 cm³/mol. The van der Waals surface area contributed by atoms with Gasteiger partial charge in [0.25, 0.3) is 0 Å². The second kappa shape index (κ2) is 1.60. The summed E-state index contributed by atoms with van der Waals surface area (Å²) in [5.41, 5.74) is 1.39. The van der Waals surface area contributed by atoms with Gasteiger partial charge in [-0.05, 0) is 36.0 Å². The molecule has 1 nitrogen and oxygen atoms in total. The molecule has 3 rings (SSSR count). The summed E-state index contributed by atoms with van der Waals surface area (Å²) in [7, 11) is 0. The van der Waals surface area contributed by atoms with Gasteiger partial charge in [0.15, 0.2) is 0 Å². The monoisotopic (exact) mass is 145 g/mol. The summed E-state index contributed by atoms with van der Waals surface area (Å²) in [5, 5.41) is 2.80. The Hall–Kier alpha value is -0.980. The van der Waals surface area contributed by atoms with Crippen molar-refractivity contribution in [3.63, 3.8) is 0 Å². The van der Waals surface area contributed by atoms with Crippen LogP contribution in [0.1, 0.15) is 12.0 Å². The standard InChI is InChI=1S/C10H11N/c1-6-5-11-10-4-8-2-7(8)3-9(6)10/h3-5,7-8,11H,2H2,1H3. The molecular weight excluding hydrogens is 134 g/mol. The molecule has 0 aromatic carbocycles. The number of hydrogen-bond donors (Lipinski definition) is 1. The molecular formula is C10H11N. The summed E-state index contributed by atoms with van der Waals surface area (Å²) < 4.78 is 0. The first kappa shape index (κ1) is 5.64. The lowest BCUT2D eigenvalue weighted by molar-refractivity contribution is 1.05. The molecule has 56 valence electrons. The molecule has 1 heteroatoms. The van der Waals surface area contributed by atoms with Gasteiger partial charge in [0, 0.05) is 11.5 Å². The van der Waals surface area contributed by atoms with Crippen LogP contribution >= 0.6 is 0 Å². The molecule has 2 atom stereocenters. The first-order valence-electron chi connectivity index (χ1n) is 4.22. The average Bonchev–Trinajstić information content (AvgIpc) is 2.68. The molecule has 11 heavy (non-hydrogen) atoms. The van der Waals surface area contributed by atoms with Gasteiger partial charge < -0.3 is 4.98 Å². The highest BCUT2D eigenvalue weighted by molar-refractivity contribution is 5.49. The molecule has 0 spiro atoms. The molecule has 1 saturated carbocycles. The van der Waals surface area contributed by atoms with E-state index in [1.165, 1.54) is 22.6 Å². The Balaban J connectivity index is 2.45. The van der Waals surface area contributed by atoms with Crippen LogP contribution in [-0.2, 0) is 0 Å². The highest BCUT2D eigenvalue weighted by Crippen LogP contribution is 2.41. The van der Waals surface area contributed by atoms with Crippen LogP contribution in [0.2, 0.25) is 0 Å². The highest BCUT2D eigenvalue weighted by atomic mass is 14.7. The smallest absolute Gasteiger partial charge is 0.0416 e. The van der Waals surface area contributed by atoms with Crippen molar-refractivity contribution in [2.45, 2.75) is 13.3 Å². The fourth-order valence-electron chi connectivity index (χ4n) is 1.96. The second-order valence-corrected chi connectivity index (χ2v) is 3.70. The summed E-state index contributed by atoms with van der Waals surface area (Å²) in [4.78, 5) is 3.30. The average molecular weight is 145 g/mol. The molecule has 0 saturated heterocycles. The number of fused-ring (bicyclic) bond motifs is 2. The fourth-order valence-corrected chi connectivity index (χ4v) is 1.96. The van der Waals surface area contributed by atoms with Gasteiger partial charge >= 0.3 is 0 Å². The largest absolute Gasteiger partial charge is 0.361 e. The first-order chi connectivity index (χ1) is 5.34. The minimum absolute atomic E-state index is 0.862. The van der Waals surface area contributed by atoms with Crippen molar-refractivity contribution in [2.24, 2.45) is 11.8 Å². The van der Waals surface area contributed by atoms with Crippen LogP contribution in [0.15, 0.2) is 6.20 Å². The van der Waals surface area contributed by atoms with Crippen molar-refractivity contribution in [1.82, 2.24) is 4.98 Å². The molecule has 1 N–H and O–H groups in total. The summed E-state index contributed by atoms with van der Waals surface area (Å²) >= 11 is 0. The van der Waals surface area contributed by atoms with Crippen molar-refractivity contribution in [1.29, 1.82) is 0 Å². The van der Waals surface area contributed by atoms with Crippen molar-refractivity contribution in [2.75, 3.05) is 0 Å². The lowest BCUT2D eigenvalue weighted by atomic mass is 10.1. The Bertz CT molecular complexity index is 411. The van der Waals surface area contributed by atoms with Crippen molar-refractivity contribution in [3.8, 4) is 0 Å². The predicted octanol–water partition coefficient (Wildman–Crippen LogP) is 0.534. The quantitative estimate of drug-likeness (QED) is 0.548. The maximum Gasteiger partial charge on any atom is 0.0416 e. The third-order valence-electron chi connectivity index (χ3n) is 2.81. The van der Waals surface area contributed by atoms with Gasteiger partial charge in [-0.3, -0.25) is 0 Å². The Morgan fingerprint density at radius 3 is 3.09 bits per heavy atom. The second-order valence-electron chi connectivity index (χ2n) is 3.70. The van der Waals surface area contributed by atoms with Gasteiger partial charge in [0.05, 0.1) is 0 Å². The van der Waals surface area contributed by atoms with E-state index in [2.05, 4.69) is 30.3 Å². The number of aromatic nitrogens is 1. The fraction of sp³-hybridized carbons (Fsp3) is 0.400. The maximum atomic E-state index is 3.30. The molecule has 0 aliphatic heterocycles. The van der Waals surface area contributed by atoms with E-state index in [0.29, 0.717) is 0 Å². The molecule has 1 fully saturated rings. The van der Waals surface area contributed by atoms with E-state index >= 15 is 0 Å². The topological polar surface area (TPSA) is 15.8 Å². The van der Waals surface area contributed by atoms with E-state index in [9.17, 15) is 0 Å². The Morgan fingerprint density at radius 1 is 1.36 bits per heavy atom. The van der Waals surface area contributed by atoms with E-state index in [1.807, 2.05) is 0 Å². The summed E-state index contributed by atoms with van der Waals surface area (Å²) in [6, 6.07) is 0. The van der Waals surface area contributed by atoms with Crippen LogP contribution < -0.4 is 10.6 Å². The van der Waals surface area contributed by atoms with Gasteiger partial charge in [0.2, 0.25) is 0 Å². The molecule has 0 radical (unpaired) electrons. The van der Waals surface area contributed by atoms with Crippen LogP contribution in [0.25, 0.3) is 12.2 Å². The Morgan fingerprint density at radius 2 is 2.18 bits per heavy atom. The van der Waals surface area contributed by atoms with Crippen molar-refractivity contribution < 1.29 is 0 Å². The van der Waals surface area contributed by atoms with Crippen LogP contribution in [0.3, 0.4) is 0 Å². The normalized spacial score (nSPS) is 31.4. The van der Waals surface area contributed by atoms with Crippen molar-refractivity contribution >= 4 is 12.2 Å². The van der Waals surface area contributed by atoms with Crippen molar-refractivity contribution in [3.05, 3.63) is 22.3 Å². The number of aromatic amines is 1. The van der Waals surface area contributed by atoms with Crippen LogP contribution in [-0.4, -0.2) is 4.98 Å². The van der Waals surface area contributed by atoms with Crippen LogP contribution in [0, 0.1) is 18.8 Å². The number of hydrogen-bond acceptors (Lipinski definition) is 0. The molecule has 2 unspecified atom stereocenters. The Labute approximate surface area is 65.4 Å². The van der Waals surface area contributed by atoms with E-state index in [0.717, 1.165) is 11.8 Å². The third kappa shape index (κ3) is 0.657. The third-order valence-corrected chi connectivity index (χ3v) is 2.81. The van der Waals surface area contributed by atoms with Gasteiger partial charge in [-0.1, -0.05) is 12.2 Å². The summed E-state index contributed by atoms with van der Waals surface area (Å²) in [6.07, 6.45) is 8.28. The molecule has 2 aliphatic carbocycles. The van der Waals surface area contributed by atoms with Gasteiger partial charge in [-0.15, -0.1) is 0 Å². The molecule has 1 aromatic rings. The van der Waals surface area contributed by atoms with Crippen LogP contribution in [0.5, 0.6) is 0 Å². The zero-order valence-electron chi connectivity index (χ0n) is 6.59. The Kier molecular flexibility index (Phi) is 0.823. The van der Waals surface area contributed by atoms with Gasteiger partial charge in [0.1, 0.15) is 0 Å². The number of nitrogens with one attached hydrogen (secondary N) is 1. The summed E-state index contributed by atoms with van der Waals surface area (Å²) in [5.74, 6) is 1.73. The molecule has 0 bridgehead atoms. The molecule has 0 amide bonds. The molecule has 1 heterocycles. The number of rotatable bonds is 0. The number of aryl methyl sites for hydroxylation is 1. The molecule has 2 aliphatic rings. The zero-order valence-corrected chi connectivity index (χ0v) is 6.59.